The number of benzene rings is 10. The van der Waals surface area contributed by atoms with Gasteiger partial charge in [0, 0.05) is 33.1 Å². The van der Waals surface area contributed by atoms with Gasteiger partial charge >= 0.3 is 0 Å². The number of rotatable bonds is 7. The van der Waals surface area contributed by atoms with Gasteiger partial charge in [0.25, 0.3) is 0 Å². The van der Waals surface area contributed by atoms with Crippen LogP contribution in [0.1, 0.15) is 77.6 Å². The molecule has 0 unspecified atom stereocenters. The Bertz CT molecular complexity index is 3810. The third kappa shape index (κ3) is 7.39. The SMILES string of the molecule is CC(C)(C)c1cc(-c2cccc3cccc(-c4ccccc4N(c4ccc(-c5ccc6c(c5)C(C)(C)c5ccccc5-6)cc4)c4cccc5c4c4ccccc4n5-c4ccccc4)c23)cc(C(C)(C)C)c1. The summed E-state index contributed by atoms with van der Waals surface area (Å²) in [4.78, 5) is 2.52. The molecule has 0 aliphatic heterocycles. The Labute approximate surface area is 419 Å². The van der Waals surface area contributed by atoms with Crippen molar-refractivity contribution < 1.29 is 0 Å². The van der Waals surface area contributed by atoms with E-state index in [1.807, 2.05) is 0 Å². The van der Waals surface area contributed by atoms with E-state index in [0.29, 0.717) is 0 Å². The van der Waals surface area contributed by atoms with Gasteiger partial charge in [-0.3, -0.25) is 0 Å². The summed E-state index contributed by atoms with van der Waals surface area (Å²) in [6.07, 6.45) is 0. The Morgan fingerprint density at radius 2 is 0.944 bits per heavy atom. The van der Waals surface area contributed by atoms with Crippen LogP contribution in [-0.2, 0) is 16.2 Å². The summed E-state index contributed by atoms with van der Waals surface area (Å²) in [5.74, 6) is 0. The van der Waals surface area contributed by atoms with Gasteiger partial charge in [-0.15, -0.1) is 0 Å². The summed E-state index contributed by atoms with van der Waals surface area (Å²) in [7, 11) is 0. The second kappa shape index (κ2) is 16.6. The summed E-state index contributed by atoms with van der Waals surface area (Å²) in [5, 5.41) is 4.89. The molecule has 0 bridgehead atoms. The zero-order chi connectivity index (χ0) is 48.8. The number of fused-ring (bicyclic) bond motifs is 7. The van der Waals surface area contributed by atoms with Crippen molar-refractivity contribution in [3.8, 4) is 50.2 Å². The van der Waals surface area contributed by atoms with Gasteiger partial charge in [-0.05, 0) is 137 Å². The molecular formula is C69H60N2. The van der Waals surface area contributed by atoms with E-state index in [4.69, 9.17) is 0 Å². The molecule has 0 N–H and O–H groups in total. The second-order valence-electron chi connectivity index (χ2n) is 22.2. The van der Waals surface area contributed by atoms with Crippen molar-refractivity contribution in [2.45, 2.75) is 71.6 Å². The molecule has 1 aliphatic rings. The highest BCUT2D eigenvalue weighted by molar-refractivity contribution is 6.17. The van der Waals surface area contributed by atoms with E-state index < -0.39 is 0 Å². The molecular weight excluding hydrogens is 857 g/mol. The van der Waals surface area contributed by atoms with E-state index in [-0.39, 0.29) is 16.2 Å². The van der Waals surface area contributed by atoms with E-state index in [0.717, 1.165) is 28.3 Å². The first-order valence-electron chi connectivity index (χ1n) is 25.3. The van der Waals surface area contributed by atoms with Crippen LogP contribution in [-0.4, -0.2) is 4.57 Å². The summed E-state index contributed by atoms with van der Waals surface area (Å²) in [6.45, 7) is 18.7. The van der Waals surface area contributed by atoms with Gasteiger partial charge in [0.05, 0.1) is 22.4 Å². The summed E-state index contributed by atoms with van der Waals surface area (Å²) < 4.78 is 2.42. The monoisotopic (exact) mass is 916 g/mol. The number of anilines is 3. The van der Waals surface area contributed by atoms with Crippen LogP contribution in [0.3, 0.4) is 0 Å². The van der Waals surface area contributed by atoms with Crippen LogP contribution in [0.5, 0.6) is 0 Å². The van der Waals surface area contributed by atoms with Crippen molar-refractivity contribution in [2.24, 2.45) is 0 Å². The Morgan fingerprint density at radius 3 is 1.68 bits per heavy atom. The molecule has 0 fully saturated rings. The Balaban J connectivity index is 1.09. The highest BCUT2D eigenvalue weighted by Crippen LogP contribution is 2.51. The Kier molecular flexibility index (Phi) is 10.4. The molecule has 71 heavy (non-hydrogen) atoms. The highest BCUT2D eigenvalue weighted by atomic mass is 15.2. The summed E-state index contributed by atoms with van der Waals surface area (Å²) in [5.41, 5.74) is 22.1. The van der Waals surface area contributed by atoms with Gasteiger partial charge in [0.1, 0.15) is 0 Å². The number of nitrogens with zero attached hydrogens (tertiary/aromatic N) is 2. The first-order chi connectivity index (χ1) is 34.3. The van der Waals surface area contributed by atoms with Crippen molar-refractivity contribution in [1.82, 2.24) is 4.57 Å². The smallest absolute Gasteiger partial charge is 0.0562 e. The maximum atomic E-state index is 2.52. The lowest BCUT2D eigenvalue weighted by Crippen LogP contribution is -2.16. The van der Waals surface area contributed by atoms with Crippen LogP contribution in [0.2, 0.25) is 0 Å². The minimum Gasteiger partial charge on any atom is -0.309 e. The maximum Gasteiger partial charge on any atom is 0.0562 e. The molecule has 1 heterocycles. The van der Waals surface area contributed by atoms with E-state index in [1.54, 1.807) is 0 Å². The van der Waals surface area contributed by atoms with Crippen molar-refractivity contribution in [3.05, 3.63) is 241 Å². The van der Waals surface area contributed by atoms with E-state index in [1.165, 1.54) is 93.8 Å². The highest BCUT2D eigenvalue weighted by Gasteiger charge is 2.35. The maximum absolute atomic E-state index is 2.52. The summed E-state index contributed by atoms with van der Waals surface area (Å²) in [6, 6.07) is 81.8. The van der Waals surface area contributed by atoms with Crippen LogP contribution >= 0.6 is 0 Å². The lowest BCUT2D eigenvalue weighted by Gasteiger charge is -2.29. The Morgan fingerprint density at radius 1 is 0.380 bits per heavy atom. The van der Waals surface area contributed by atoms with Crippen LogP contribution in [0.15, 0.2) is 218 Å². The minimum absolute atomic E-state index is 0.0142. The van der Waals surface area contributed by atoms with Crippen molar-refractivity contribution in [3.63, 3.8) is 0 Å². The van der Waals surface area contributed by atoms with Crippen LogP contribution in [0.25, 0.3) is 82.8 Å². The fourth-order valence-corrected chi connectivity index (χ4v) is 11.5. The third-order valence-corrected chi connectivity index (χ3v) is 15.3. The molecule has 346 valence electrons. The van der Waals surface area contributed by atoms with Crippen molar-refractivity contribution in [2.75, 3.05) is 4.90 Å². The molecule has 2 nitrogen and oxygen atoms in total. The van der Waals surface area contributed by atoms with Gasteiger partial charge in [-0.1, -0.05) is 219 Å². The van der Waals surface area contributed by atoms with Gasteiger partial charge in [0.15, 0.2) is 0 Å². The van der Waals surface area contributed by atoms with Gasteiger partial charge in [0.2, 0.25) is 0 Å². The van der Waals surface area contributed by atoms with Crippen molar-refractivity contribution in [1.29, 1.82) is 0 Å². The van der Waals surface area contributed by atoms with Crippen LogP contribution in [0.4, 0.5) is 17.1 Å². The fraction of sp³-hybridized carbons (Fsp3) is 0.159. The predicted molar refractivity (Wildman–Crippen MR) is 304 cm³/mol. The molecule has 0 atom stereocenters. The lowest BCUT2D eigenvalue weighted by atomic mass is 9.78. The van der Waals surface area contributed by atoms with E-state index in [2.05, 4.69) is 283 Å². The molecule has 11 aromatic rings. The molecule has 1 aliphatic carbocycles. The van der Waals surface area contributed by atoms with Crippen LogP contribution < -0.4 is 4.90 Å². The molecule has 1 aromatic heterocycles. The molecule has 0 saturated carbocycles. The molecule has 0 spiro atoms. The minimum atomic E-state index is -0.0776. The zero-order valence-corrected chi connectivity index (χ0v) is 42.2. The first-order valence-corrected chi connectivity index (χ1v) is 25.3. The van der Waals surface area contributed by atoms with Crippen LogP contribution in [0, 0.1) is 0 Å². The predicted octanol–water partition coefficient (Wildman–Crippen LogP) is 19.3. The van der Waals surface area contributed by atoms with Crippen molar-refractivity contribution >= 4 is 49.6 Å². The van der Waals surface area contributed by atoms with E-state index in [9.17, 15) is 0 Å². The van der Waals surface area contributed by atoms with Gasteiger partial charge in [-0.2, -0.15) is 0 Å². The first kappa shape index (κ1) is 44.3. The molecule has 0 radical (unpaired) electrons. The molecule has 2 heteroatoms. The third-order valence-electron chi connectivity index (χ3n) is 15.3. The van der Waals surface area contributed by atoms with E-state index >= 15 is 0 Å². The second-order valence-corrected chi connectivity index (χ2v) is 22.2. The molecule has 0 amide bonds. The van der Waals surface area contributed by atoms with Gasteiger partial charge < -0.3 is 9.47 Å². The average Bonchev–Trinajstić information content (AvgIpc) is 3.84. The molecule has 10 aromatic carbocycles. The summed E-state index contributed by atoms with van der Waals surface area (Å²) >= 11 is 0. The normalized spacial score (nSPS) is 13.2. The quantitative estimate of drug-likeness (QED) is 0.155. The average molecular weight is 917 g/mol. The topological polar surface area (TPSA) is 8.17 Å². The Hall–Kier alpha value is -7.94. The fourth-order valence-electron chi connectivity index (χ4n) is 11.5. The number of para-hydroxylation sites is 3. The van der Waals surface area contributed by atoms with Gasteiger partial charge in [-0.25, -0.2) is 0 Å². The largest absolute Gasteiger partial charge is 0.309 e. The molecule has 12 rings (SSSR count). The standard InChI is InChI=1S/C69H60N2/c1-67(2,3)49-41-48(42-50(44-49)68(4,5)6)53-28-18-21-46-22-19-29-57(65(46)53)56-26-13-16-31-61(56)71(64-34-20-33-63-66(64)58-27-14-17-32-62(58)70(63)51-23-10-9-11-24-51)52-38-35-45(36-39-52)47-37-40-55-54-25-12-15-30-59(54)69(7,8)60(55)43-47/h9-44H,1-8H3. The zero-order valence-electron chi connectivity index (χ0n) is 42.2. The number of aromatic nitrogens is 1. The number of hydrogen-bond donors (Lipinski definition) is 0. The molecule has 0 saturated heterocycles. The number of hydrogen-bond acceptors (Lipinski definition) is 1. The lowest BCUT2D eigenvalue weighted by molar-refractivity contribution is 0.569.